The van der Waals surface area contributed by atoms with Crippen molar-refractivity contribution in [3.05, 3.63) is 0 Å². The number of carbonyl (C=O) groups is 2. The highest BCUT2D eigenvalue weighted by atomic mass is 16.2. The zero-order valence-corrected chi connectivity index (χ0v) is 33.8. The van der Waals surface area contributed by atoms with Gasteiger partial charge in [-0.1, -0.05) is 245 Å². The van der Waals surface area contributed by atoms with E-state index < -0.39 is 0 Å². The van der Waals surface area contributed by atoms with Crippen molar-refractivity contribution in [2.24, 2.45) is 0 Å². The molecule has 0 aromatic heterocycles. The molecule has 0 radical (unpaired) electrons. The number of carbonyl (C=O) groups excluding carboxylic acids is 2. The van der Waals surface area contributed by atoms with E-state index in [0.717, 1.165) is 25.7 Å². The predicted molar refractivity (Wildman–Crippen MR) is 217 cm³/mol. The molecular formula is C45H90N2O2. The fraction of sp³-hybridized carbons (Fsp3) is 0.956. The van der Waals surface area contributed by atoms with Crippen LogP contribution < -0.4 is 10.6 Å². The lowest BCUT2D eigenvalue weighted by Crippen LogP contribution is -2.37. The highest BCUT2D eigenvalue weighted by Crippen LogP contribution is 2.16. The maximum Gasteiger partial charge on any atom is 0.221 e. The Kier molecular flexibility index (Phi) is 42.2. The number of nitrogens with one attached hydrogen (secondary N) is 2. The summed E-state index contributed by atoms with van der Waals surface area (Å²) < 4.78 is 0. The Morgan fingerprint density at radius 3 is 0.612 bits per heavy atom. The normalized spacial score (nSPS) is 11.3. The van der Waals surface area contributed by atoms with Gasteiger partial charge in [0.2, 0.25) is 11.8 Å². The van der Waals surface area contributed by atoms with Gasteiger partial charge in [-0.25, -0.2) is 0 Å². The van der Waals surface area contributed by atoms with E-state index in [2.05, 4.69) is 24.5 Å². The fourth-order valence-corrected chi connectivity index (χ4v) is 7.15. The first-order valence-electron chi connectivity index (χ1n) is 22.7. The average Bonchev–Trinajstić information content (AvgIpc) is 3.10. The number of rotatable bonds is 42. The Bertz CT molecular complexity index is 598. The summed E-state index contributed by atoms with van der Waals surface area (Å²) in [5, 5.41) is 5.73. The monoisotopic (exact) mass is 691 g/mol. The number of hydrogen-bond donors (Lipinski definition) is 2. The predicted octanol–water partition coefficient (Wildman–Crippen LogP) is 14.8. The first-order valence-corrected chi connectivity index (χ1v) is 22.7. The lowest BCUT2D eigenvalue weighted by molar-refractivity contribution is -0.123. The average molecular weight is 691 g/mol. The minimum atomic E-state index is 0.0655. The van der Waals surface area contributed by atoms with Crippen LogP contribution in [-0.2, 0) is 9.59 Å². The maximum atomic E-state index is 12.1. The molecule has 0 aliphatic carbocycles. The fourth-order valence-electron chi connectivity index (χ4n) is 7.15. The first kappa shape index (κ1) is 47.9. The quantitative estimate of drug-likeness (QED) is 0.0495. The van der Waals surface area contributed by atoms with Gasteiger partial charge >= 0.3 is 0 Å². The third-order valence-corrected chi connectivity index (χ3v) is 10.6. The Balaban J connectivity index is 3.24. The molecule has 2 amide bonds. The topological polar surface area (TPSA) is 58.2 Å². The van der Waals surface area contributed by atoms with E-state index in [4.69, 9.17) is 0 Å². The van der Waals surface area contributed by atoms with E-state index >= 15 is 0 Å². The number of amides is 2. The summed E-state index contributed by atoms with van der Waals surface area (Å²) in [6.45, 7) is 4.86. The molecule has 2 N–H and O–H groups in total. The molecule has 0 aliphatic rings. The molecule has 0 fully saturated rings. The van der Waals surface area contributed by atoms with Crippen LogP contribution in [0, 0.1) is 0 Å². The van der Waals surface area contributed by atoms with Crippen molar-refractivity contribution < 1.29 is 9.59 Å². The molecule has 0 rings (SSSR count). The molecule has 0 saturated heterocycles. The zero-order valence-electron chi connectivity index (χ0n) is 33.8. The van der Waals surface area contributed by atoms with Crippen molar-refractivity contribution in [3.63, 3.8) is 0 Å². The van der Waals surface area contributed by atoms with Gasteiger partial charge in [0, 0.05) is 12.8 Å². The third-order valence-electron chi connectivity index (χ3n) is 10.6. The summed E-state index contributed by atoms with van der Waals surface area (Å²) in [6.07, 6.45) is 52.9. The van der Waals surface area contributed by atoms with Crippen LogP contribution in [0.5, 0.6) is 0 Å². The van der Waals surface area contributed by atoms with Gasteiger partial charge in [0.05, 0.1) is 6.67 Å². The molecule has 292 valence electrons. The molecule has 0 bridgehead atoms. The van der Waals surface area contributed by atoms with Gasteiger partial charge in [-0.3, -0.25) is 9.59 Å². The van der Waals surface area contributed by atoms with Crippen molar-refractivity contribution >= 4 is 11.8 Å². The second-order valence-electron chi connectivity index (χ2n) is 15.6. The van der Waals surface area contributed by atoms with Crippen molar-refractivity contribution in [2.75, 3.05) is 6.67 Å². The lowest BCUT2D eigenvalue weighted by atomic mass is 10.0. The summed E-state index contributed by atoms with van der Waals surface area (Å²) in [4.78, 5) is 24.2. The number of unbranched alkanes of at least 4 members (excludes halogenated alkanes) is 36. The van der Waals surface area contributed by atoms with E-state index in [1.54, 1.807) is 0 Å². The molecule has 0 aromatic carbocycles. The third kappa shape index (κ3) is 43.0. The largest absolute Gasteiger partial charge is 0.339 e. The summed E-state index contributed by atoms with van der Waals surface area (Å²) in [5.41, 5.74) is 0. The van der Waals surface area contributed by atoms with Gasteiger partial charge in [0.1, 0.15) is 0 Å². The van der Waals surface area contributed by atoms with Crippen molar-refractivity contribution in [1.82, 2.24) is 10.6 Å². The Labute approximate surface area is 308 Å². The maximum absolute atomic E-state index is 12.1. The molecule has 0 saturated carbocycles. The Morgan fingerprint density at radius 2 is 0.429 bits per heavy atom. The molecule has 0 atom stereocenters. The summed E-state index contributed by atoms with van der Waals surface area (Å²) in [5.74, 6) is 0.131. The second-order valence-corrected chi connectivity index (χ2v) is 15.6. The van der Waals surface area contributed by atoms with Gasteiger partial charge < -0.3 is 10.6 Å². The number of hydrogen-bond acceptors (Lipinski definition) is 2. The van der Waals surface area contributed by atoms with Gasteiger partial charge in [-0.2, -0.15) is 0 Å². The van der Waals surface area contributed by atoms with Crippen LogP contribution >= 0.6 is 0 Å². The van der Waals surface area contributed by atoms with Crippen LogP contribution in [0.25, 0.3) is 0 Å². The van der Waals surface area contributed by atoms with Gasteiger partial charge in [0.25, 0.3) is 0 Å². The lowest BCUT2D eigenvalue weighted by Gasteiger charge is -2.08. The smallest absolute Gasteiger partial charge is 0.221 e. The molecule has 0 spiro atoms. The van der Waals surface area contributed by atoms with Crippen LogP contribution in [0.2, 0.25) is 0 Å². The second kappa shape index (κ2) is 43.1. The Morgan fingerprint density at radius 1 is 0.265 bits per heavy atom. The minimum absolute atomic E-state index is 0.0655. The SMILES string of the molecule is CCCCCCCCCCCCCCCCCCCCCC(=O)NCNC(=O)CCCCCCCCCCCCCCCCCCCCC. The minimum Gasteiger partial charge on any atom is -0.339 e. The van der Waals surface area contributed by atoms with Crippen molar-refractivity contribution in [3.8, 4) is 0 Å². The van der Waals surface area contributed by atoms with Crippen LogP contribution in [0.4, 0.5) is 0 Å². The van der Waals surface area contributed by atoms with Crippen LogP contribution in [0.15, 0.2) is 0 Å². The van der Waals surface area contributed by atoms with Crippen molar-refractivity contribution in [2.45, 2.75) is 271 Å². The van der Waals surface area contributed by atoms with Crippen LogP contribution in [0.3, 0.4) is 0 Å². The standard InChI is InChI=1S/C45H90N2O2/c1-3-5-7-9-11-13-15-17-19-21-23-25-27-29-31-33-35-37-39-41-44(48)46-43-47-45(49)42-40-38-36-34-32-30-28-26-24-22-20-18-16-14-12-10-8-6-4-2/h3-43H2,1-2H3,(H,46,48)(H,47,49). The molecule has 0 aliphatic heterocycles. The zero-order chi connectivity index (χ0) is 35.6. The summed E-state index contributed by atoms with van der Waals surface area (Å²) >= 11 is 0. The van der Waals surface area contributed by atoms with E-state index in [0.29, 0.717) is 12.8 Å². The molecular weight excluding hydrogens is 601 g/mol. The van der Waals surface area contributed by atoms with Gasteiger partial charge in [-0.15, -0.1) is 0 Å². The van der Waals surface area contributed by atoms with Gasteiger partial charge in [0.15, 0.2) is 0 Å². The summed E-state index contributed by atoms with van der Waals surface area (Å²) in [7, 11) is 0. The van der Waals surface area contributed by atoms with Crippen molar-refractivity contribution in [1.29, 1.82) is 0 Å². The first-order chi connectivity index (χ1) is 24.2. The van der Waals surface area contributed by atoms with E-state index in [-0.39, 0.29) is 18.5 Å². The molecule has 49 heavy (non-hydrogen) atoms. The van der Waals surface area contributed by atoms with E-state index in [9.17, 15) is 9.59 Å². The van der Waals surface area contributed by atoms with Crippen LogP contribution in [0.1, 0.15) is 271 Å². The molecule has 0 aromatic rings. The van der Waals surface area contributed by atoms with Gasteiger partial charge in [-0.05, 0) is 12.8 Å². The highest BCUT2D eigenvalue weighted by molar-refractivity contribution is 5.78. The molecule has 4 heteroatoms. The van der Waals surface area contributed by atoms with E-state index in [1.165, 1.54) is 218 Å². The molecule has 4 nitrogen and oxygen atoms in total. The van der Waals surface area contributed by atoms with Crippen LogP contribution in [-0.4, -0.2) is 18.5 Å². The molecule has 0 heterocycles. The Hall–Kier alpha value is -1.06. The summed E-state index contributed by atoms with van der Waals surface area (Å²) in [6, 6.07) is 0. The molecule has 0 unspecified atom stereocenters. The van der Waals surface area contributed by atoms with E-state index in [1.807, 2.05) is 0 Å². The highest BCUT2D eigenvalue weighted by Gasteiger charge is 2.04.